The quantitative estimate of drug-likeness (QED) is 0.561. The van der Waals surface area contributed by atoms with Crippen LogP contribution >= 0.6 is 0 Å². The molecular formula is C7H8F3NO5S. The molecule has 6 nitrogen and oxygen atoms in total. The summed E-state index contributed by atoms with van der Waals surface area (Å²) in [5, 5.41) is -2.68. The van der Waals surface area contributed by atoms with Crippen molar-refractivity contribution in [2.24, 2.45) is 0 Å². The molecule has 1 N–H and O–H groups in total. The lowest BCUT2D eigenvalue weighted by Crippen LogP contribution is -2.68. The van der Waals surface area contributed by atoms with Gasteiger partial charge in [-0.05, 0) is 0 Å². The Balaban J connectivity index is 3.34. The molecule has 98 valence electrons. The number of alkyl halides is 3. The first-order valence-corrected chi connectivity index (χ1v) is 5.49. The van der Waals surface area contributed by atoms with Crippen molar-refractivity contribution in [1.29, 1.82) is 0 Å². The Labute approximate surface area is 94.5 Å². The Morgan fingerprint density at radius 1 is 1.53 bits per heavy atom. The third-order valence-corrected chi connectivity index (χ3v) is 3.59. The summed E-state index contributed by atoms with van der Waals surface area (Å²) in [6, 6.07) is 0. The van der Waals surface area contributed by atoms with Gasteiger partial charge in [0.15, 0.2) is 0 Å². The molecule has 0 bridgehead atoms. The van der Waals surface area contributed by atoms with Gasteiger partial charge >= 0.3 is 21.4 Å². The lowest BCUT2D eigenvalue weighted by Gasteiger charge is -2.37. The number of nitrogens with one attached hydrogen (secondary N) is 1. The van der Waals surface area contributed by atoms with Crippen molar-refractivity contribution >= 4 is 16.0 Å². The van der Waals surface area contributed by atoms with E-state index in [1.54, 1.807) is 0 Å². The van der Waals surface area contributed by atoms with Crippen LogP contribution in [0.1, 0.15) is 0 Å². The van der Waals surface area contributed by atoms with Gasteiger partial charge in [-0.3, -0.25) is 8.98 Å². The Bertz CT molecular complexity index is 457. The Kier molecular flexibility index (Phi) is 3.25. The number of hydrogen-bond acceptors (Lipinski definition) is 5. The maximum absolute atomic E-state index is 12.8. The first-order chi connectivity index (χ1) is 7.57. The minimum Gasteiger partial charge on any atom is -0.329 e. The van der Waals surface area contributed by atoms with E-state index in [-0.39, 0.29) is 5.57 Å². The van der Waals surface area contributed by atoms with Crippen molar-refractivity contribution in [3.63, 3.8) is 0 Å². The second-order valence-electron chi connectivity index (χ2n) is 3.08. The largest absolute Gasteiger partial charge is 0.455 e. The lowest BCUT2D eigenvalue weighted by molar-refractivity contribution is -0.255. The molecule has 1 heterocycles. The molecule has 17 heavy (non-hydrogen) atoms. The molecule has 0 saturated carbocycles. The third-order valence-electron chi connectivity index (χ3n) is 1.99. The van der Waals surface area contributed by atoms with Gasteiger partial charge in [0.25, 0.3) is 5.91 Å². The minimum atomic E-state index is -5.39. The summed E-state index contributed by atoms with van der Waals surface area (Å²) in [4.78, 5) is 11.1. The molecule has 0 spiro atoms. The van der Waals surface area contributed by atoms with Crippen LogP contribution in [0.4, 0.5) is 13.2 Å². The molecular weight excluding hydrogens is 267 g/mol. The number of carbonyl (C=O) groups is 1. The zero-order valence-electron chi connectivity index (χ0n) is 8.50. The molecule has 1 rings (SSSR count). The number of hydrogen-bond donors (Lipinski definition) is 1. The standard InChI is InChI=1S/C7H8F3NO5S/c1-4-3-16-7(6(8,9)10,11-5(4)12)17(13,14)15-2/h1,3H2,2H3,(H,11,12). The van der Waals surface area contributed by atoms with Gasteiger partial charge in [-0.2, -0.15) is 21.6 Å². The number of carbonyl (C=O) groups excluding carboxylic acids is 1. The van der Waals surface area contributed by atoms with Crippen LogP contribution < -0.4 is 5.32 Å². The zero-order chi connectivity index (χ0) is 13.5. The van der Waals surface area contributed by atoms with E-state index in [2.05, 4.69) is 15.5 Å². The van der Waals surface area contributed by atoms with Gasteiger partial charge in [0.1, 0.15) is 0 Å². The molecule has 1 fully saturated rings. The SMILES string of the molecule is C=C1COC(C(F)(F)F)(S(=O)(=O)OC)NC1=O. The van der Waals surface area contributed by atoms with E-state index in [1.165, 1.54) is 5.32 Å². The van der Waals surface area contributed by atoms with Crippen LogP contribution in [-0.2, 0) is 23.8 Å². The van der Waals surface area contributed by atoms with Gasteiger partial charge in [-0.1, -0.05) is 6.58 Å². The van der Waals surface area contributed by atoms with Crippen molar-refractivity contribution in [3.8, 4) is 0 Å². The highest BCUT2D eigenvalue weighted by Crippen LogP contribution is 2.38. The third kappa shape index (κ3) is 2.03. The Morgan fingerprint density at radius 2 is 2.06 bits per heavy atom. The van der Waals surface area contributed by atoms with E-state index in [1.807, 2.05) is 0 Å². The summed E-state index contributed by atoms with van der Waals surface area (Å²) in [7, 11) is -4.69. The van der Waals surface area contributed by atoms with Crippen molar-refractivity contribution in [1.82, 2.24) is 5.32 Å². The van der Waals surface area contributed by atoms with E-state index < -0.39 is 33.9 Å². The number of rotatable bonds is 2. The summed E-state index contributed by atoms with van der Waals surface area (Å²) in [6.45, 7) is 2.24. The van der Waals surface area contributed by atoms with Crippen LogP contribution in [0.5, 0.6) is 0 Å². The van der Waals surface area contributed by atoms with Gasteiger partial charge in [-0.15, -0.1) is 0 Å². The normalized spacial score (nSPS) is 26.8. The Hall–Kier alpha value is -1.13. The van der Waals surface area contributed by atoms with E-state index in [4.69, 9.17) is 0 Å². The Morgan fingerprint density at radius 3 is 2.41 bits per heavy atom. The molecule has 0 aromatic rings. The highest BCUT2D eigenvalue weighted by molar-refractivity contribution is 7.88. The monoisotopic (exact) mass is 275 g/mol. The summed E-state index contributed by atoms with van der Waals surface area (Å²) in [5.74, 6) is -1.27. The van der Waals surface area contributed by atoms with E-state index >= 15 is 0 Å². The van der Waals surface area contributed by atoms with Crippen LogP contribution in [0, 0.1) is 0 Å². The molecule has 10 heteroatoms. The van der Waals surface area contributed by atoms with Gasteiger partial charge in [-0.25, -0.2) is 0 Å². The highest BCUT2D eigenvalue weighted by atomic mass is 32.2. The van der Waals surface area contributed by atoms with Crippen LogP contribution in [-0.4, -0.2) is 39.3 Å². The number of ether oxygens (including phenoxy) is 1. The van der Waals surface area contributed by atoms with Gasteiger partial charge in [0, 0.05) is 5.57 Å². The molecule has 0 radical (unpaired) electrons. The predicted molar refractivity (Wildman–Crippen MR) is 47.9 cm³/mol. The highest BCUT2D eigenvalue weighted by Gasteiger charge is 2.69. The summed E-state index contributed by atoms with van der Waals surface area (Å²) >= 11 is 0. The van der Waals surface area contributed by atoms with E-state index in [0.29, 0.717) is 7.11 Å². The molecule has 1 amide bonds. The first-order valence-electron chi connectivity index (χ1n) is 4.08. The van der Waals surface area contributed by atoms with Crippen LogP contribution in [0.2, 0.25) is 0 Å². The number of amides is 1. The lowest BCUT2D eigenvalue weighted by atomic mass is 10.2. The maximum Gasteiger partial charge on any atom is 0.455 e. The molecule has 0 aromatic heterocycles. The maximum atomic E-state index is 12.8. The van der Waals surface area contributed by atoms with Gasteiger partial charge < -0.3 is 10.1 Å². The zero-order valence-corrected chi connectivity index (χ0v) is 9.31. The summed E-state index contributed by atoms with van der Waals surface area (Å²) in [6.07, 6.45) is -5.39. The number of halogens is 3. The smallest absolute Gasteiger partial charge is 0.329 e. The molecule has 1 unspecified atom stereocenters. The van der Waals surface area contributed by atoms with E-state index in [0.717, 1.165) is 0 Å². The predicted octanol–water partition coefficient (Wildman–Crippen LogP) is -0.119. The topological polar surface area (TPSA) is 81.7 Å². The average Bonchev–Trinajstić information content (AvgIpc) is 2.20. The average molecular weight is 275 g/mol. The molecule has 1 atom stereocenters. The molecule has 0 aromatic carbocycles. The van der Waals surface area contributed by atoms with Crippen molar-refractivity contribution in [2.45, 2.75) is 11.2 Å². The molecule has 1 aliphatic heterocycles. The fourth-order valence-corrected chi connectivity index (χ4v) is 2.01. The van der Waals surface area contributed by atoms with Crippen LogP contribution in [0.3, 0.4) is 0 Å². The minimum absolute atomic E-state index is 0.323. The van der Waals surface area contributed by atoms with Crippen molar-refractivity contribution in [2.75, 3.05) is 13.7 Å². The van der Waals surface area contributed by atoms with Crippen molar-refractivity contribution < 1.29 is 35.3 Å². The fraction of sp³-hybridized carbons (Fsp3) is 0.571. The summed E-state index contributed by atoms with van der Waals surface area (Å²) < 4.78 is 68.8. The van der Waals surface area contributed by atoms with Gasteiger partial charge in [0.05, 0.1) is 13.7 Å². The summed E-state index contributed by atoms with van der Waals surface area (Å²) in [5.41, 5.74) is -0.323. The molecule has 1 aliphatic rings. The van der Waals surface area contributed by atoms with E-state index in [9.17, 15) is 26.4 Å². The molecule has 0 aliphatic carbocycles. The van der Waals surface area contributed by atoms with Crippen molar-refractivity contribution in [3.05, 3.63) is 12.2 Å². The van der Waals surface area contributed by atoms with Crippen LogP contribution in [0.15, 0.2) is 12.2 Å². The second kappa shape index (κ2) is 3.96. The van der Waals surface area contributed by atoms with Gasteiger partial charge in [0.2, 0.25) is 0 Å². The molecule has 1 saturated heterocycles. The first kappa shape index (κ1) is 13.9. The van der Waals surface area contributed by atoms with Crippen LogP contribution in [0.25, 0.3) is 0 Å². The fourth-order valence-electron chi connectivity index (χ4n) is 1.07. The second-order valence-corrected chi connectivity index (χ2v) is 4.90.